The van der Waals surface area contributed by atoms with E-state index in [1.165, 1.54) is 11.0 Å². The van der Waals surface area contributed by atoms with Crippen LogP contribution in [0.5, 0.6) is 11.5 Å². The molecule has 2 aromatic rings. The van der Waals surface area contributed by atoms with Gasteiger partial charge in [0, 0.05) is 5.56 Å². The number of hydrogen-bond donors (Lipinski definition) is 1. The van der Waals surface area contributed by atoms with Gasteiger partial charge in [-0.3, -0.25) is 0 Å². The third-order valence-corrected chi connectivity index (χ3v) is 5.70. The van der Waals surface area contributed by atoms with Crippen molar-refractivity contribution < 1.29 is 14.6 Å². The predicted molar refractivity (Wildman–Crippen MR) is 92.4 cm³/mol. The fourth-order valence-corrected chi connectivity index (χ4v) is 4.09. The lowest BCUT2D eigenvalue weighted by Gasteiger charge is -2.59. The van der Waals surface area contributed by atoms with Crippen molar-refractivity contribution in [2.24, 2.45) is 0 Å². The Balaban J connectivity index is 1.84. The van der Waals surface area contributed by atoms with E-state index in [1.807, 2.05) is 18.2 Å². The van der Waals surface area contributed by atoms with Crippen LogP contribution in [0.3, 0.4) is 0 Å². The summed E-state index contributed by atoms with van der Waals surface area (Å²) in [6, 6.07) is 14.3. The Morgan fingerprint density at radius 1 is 1.17 bits per heavy atom. The number of aliphatic hydroxyl groups is 1. The summed E-state index contributed by atoms with van der Waals surface area (Å²) < 4.78 is 11.4. The minimum atomic E-state index is -0.874. The van der Waals surface area contributed by atoms with Gasteiger partial charge in [-0.1, -0.05) is 36.6 Å². The van der Waals surface area contributed by atoms with E-state index in [0.29, 0.717) is 6.61 Å². The van der Waals surface area contributed by atoms with Gasteiger partial charge in [0.2, 0.25) is 0 Å². The number of rotatable bonds is 3. The quantitative estimate of drug-likeness (QED) is 0.883. The van der Waals surface area contributed by atoms with Crippen LogP contribution < -0.4 is 14.9 Å². The van der Waals surface area contributed by atoms with Gasteiger partial charge in [0.15, 0.2) is 7.28 Å². The molecule has 1 aliphatic heterocycles. The standard InChI is InChI=1S/C19H21BO3/c1-20-14-5-3-4-13(10-14)18-8-9-19(18,21)16-11-15(22-2)6-7-17(16)23-12-18/h3-7,10-11,20-21H,8-9,12H2,1-2H3. The zero-order valence-corrected chi connectivity index (χ0v) is 13.6. The lowest BCUT2D eigenvalue weighted by atomic mass is 9.50. The average Bonchev–Trinajstić information content (AvgIpc) is 2.60. The molecule has 1 fully saturated rings. The molecule has 23 heavy (non-hydrogen) atoms. The van der Waals surface area contributed by atoms with E-state index in [4.69, 9.17) is 9.47 Å². The molecule has 0 radical (unpaired) electrons. The number of ether oxygens (including phenoxy) is 2. The van der Waals surface area contributed by atoms with Gasteiger partial charge >= 0.3 is 0 Å². The molecule has 4 rings (SSSR count). The molecule has 118 valence electrons. The summed E-state index contributed by atoms with van der Waals surface area (Å²) in [5, 5.41) is 11.5. The van der Waals surface area contributed by atoms with Crippen LogP contribution in [-0.2, 0) is 11.0 Å². The molecule has 0 spiro atoms. The van der Waals surface area contributed by atoms with E-state index in [0.717, 1.165) is 37.2 Å². The lowest BCUT2D eigenvalue weighted by molar-refractivity contribution is -0.156. The minimum Gasteiger partial charge on any atom is -0.497 e. The molecule has 2 aliphatic rings. The van der Waals surface area contributed by atoms with E-state index < -0.39 is 5.60 Å². The van der Waals surface area contributed by atoms with Crippen LogP contribution in [0.2, 0.25) is 6.82 Å². The molecule has 4 heteroatoms. The molecule has 0 amide bonds. The molecule has 2 atom stereocenters. The summed E-state index contributed by atoms with van der Waals surface area (Å²) in [7, 11) is 2.64. The highest BCUT2D eigenvalue weighted by molar-refractivity contribution is 6.51. The highest BCUT2D eigenvalue weighted by atomic mass is 16.5. The lowest BCUT2D eigenvalue weighted by Crippen LogP contribution is -2.63. The summed E-state index contributed by atoms with van der Waals surface area (Å²) in [4.78, 5) is 0. The van der Waals surface area contributed by atoms with Gasteiger partial charge in [-0.15, -0.1) is 0 Å². The first-order valence-electron chi connectivity index (χ1n) is 8.26. The highest BCUT2D eigenvalue weighted by Gasteiger charge is 2.63. The molecular weight excluding hydrogens is 287 g/mol. The SMILES string of the molecule is CBc1cccc(C23CCC2(O)c2cc(OC)ccc2OC3)c1. The van der Waals surface area contributed by atoms with Crippen molar-refractivity contribution in [1.29, 1.82) is 0 Å². The Bertz CT molecular complexity index is 760. The van der Waals surface area contributed by atoms with E-state index in [1.54, 1.807) is 7.11 Å². The Morgan fingerprint density at radius 2 is 2.04 bits per heavy atom. The largest absolute Gasteiger partial charge is 0.497 e. The van der Waals surface area contributed by atoms with Crippen LogP contribution in [0.1, 0.15) is 24.0 Å². The smallest absolute Gasteiger partial charge is 0.154 e. The summed E-state index contributed by atoms with van der Waals surface area (Å²) in [6.45, 7) is 2.68. The van der Waals surface area contributed by atoms with E-state index in [2.05, 4.69) is 31.1 Å². The second-order valence-corrected chi connectivity index (χ2v) is 6.65. The van der Waals surface area contributed by atoms with E-state index in [9.17, 15) is 5.11 Å². The number of methoxy groups -OCH3 is 1. The average molecular weight is 308 g/mol. The van der Waals surface area contributed by atoms with Crippen LogP contribution in [0.15, 0.2) is 42.5 Å². The molecule has 0 bridgehead atoms. The van der Waals surface area contributed by atoms with Gasteiger partial charge in [0.1, 0.15) is 23.7 Å². The van der Waals surface area contributed by atoms with Gasteiger partial charge in [0.25, 0.3) is 0 Å². The Morgan fingerprint density at radius 3 is 2.74 bits per heavy atom. The second-order valence-electron chi connectivity index (χ2n) is 6.65. The molecule has 2 unspecified atom stereocenters. The molecule has 1 heterocycles. The van der Waals surface area contributed by atoms with E-state index >= 15 is 0 Å². The molecule has 1 aliphatic carbocycles. The van der Waals surface area contributed by atoms with Crippen molar-refractivity contribution in [3.8, 4) is 11.5 Å². The molecule has 0 aromatic heterocycles. The molecule has 2 aromatic carbocycles. The molecule has 1 N–H and O–H groups in total. The summed E-state index contributed by atoms with van der Waals surface area (Å²) in [5.74, 6) is 1.53. The number of hydrogen-bond acceptors (Lipinski definition) is 3. The Labute approximate surface area is 137 Å². The fraction of sp³-hybridized carbons (Fsp3) is 0.368. The van der Waals surface area contributed by atoms with Crippen molar-refractivity contribution in [1.82, 2.24) is 0 Å². The van der Waals surface area contributed by atoms with Crippen LogP contribution >= 0.6 is 0 Å². The third-order valence-electron chi connectivity index (χ3n) is 5.70. The van der Waals surface area contributed by atoms with Crippen LogP contribution in [0.25, 0.3) is 0 Å². The third kappa shape index (κ3) is 1.88. The summed E-state index contributed by atoms with van der Waals surface area (Å²) in [6.07, 6.45) is 1.69. The maximum absolute atomic E-state index is 11.5. The molecule has 1 saturated carbocycles. The summed E-state index contributed by atoms with van der Waals surface area (Å²) >= 11 is 0. The highest BCUT2D eigenvalue weighted by Crippen LogP contribution is 2.61. The molecular formula is C19H21BO3. The van der Waals surface area contributed by atoms with Crippen LogP contribution in [-0.4, -0.2) is 26.1 Å². The van der Waals surface area contributed by atoms with Crippen molar-refractivity contribution in [3.05, 3.63) is 53.6 Å². The topological polar surface area (TPSA) is 38.7 Å². The predicted octanol–water partition coefficient (Wildman–Crippen LogP) is 2.12. The second kappa shape index (κ2) is 5.03. The van der Waals surface area contributed by atoms with Gasteiger partial charge < -0.3 is 14.6 Å². The van der Waals surface area contributed by atoms with Gasteiger partial charge in [-0.05, 0) is 36.6 Å². The van der Waals surface area contributed by atoms with Crippen molar-refractivity contribution in [2.75, 3.05) is 13.7 Å². The van der Waals surface area contributed by atoms with E-state index in [-0.39, 0.29) is 5.41 Å². The van der Waals surface area contributed by atoms with Gasteiger partial charge in [-0.2, -0.15) is 0 Å². The van der Waals surface area contributed by atoms with Gasteiger partial charge in [-0.25, -0.2) is 0 Å². The van der Waals surface area contributed by atoms with Gasteiger partial charge in [0.05, 0.1) is 12.5 Å². The maximum Gasteiger partial charge on any atom is 0.154 e. The first-order chi connectivity index (χ1) is 11.1. The molecule has 0 saturated heterocycles. The Hall–Kier alpha value is -1.94. The monoisotopic (exact) mass is 308 g/mol. The minimum absolute atomic E-state index is 0.350. The fourth-order valence-electron chi connectivity index (χ4n) is 4.09. The zero-order valence-electron chi connectivity index (χ0n) is 13.6. The normalized spacial score (nSPS) is 28.0. The molecule has 3 nitrogen and oxygen atoms in total. The maximum atomic E-state index is 11.5. The summed E-state index contributed by atoms with van der Waals surface area (Å²) in [5.41, 5.74) is 2.11. The van der Waals surface area contributed by atoms with Crippen LogP contribution in [0.4, 0.5) is 0 Å². The number of benzene rings is 2. The van der Waals surface area contributed by atoms with Crippen LogP contribution in [0, 0.1) is 0 Å². The Kier molecular flexibility index (Phi) is 3.20. The first kappa shape index (κ1) is 14.6. The number of fused-ring (bicyclic) bond motifs is 3. The van der Waals surface area contributed by atoms with Crippen molar-refractivity contribution >= 4 is 12.7 Å². The van der Waals surface area contributed by atoms with Crippen molar-refractivity contribution in [3.63, 3.8) is 0 Å². The zero-order chi connectivity index (χ0) is 16.1. The van der Waals surface area contributed by atoms with Crippen molar-refractivity contribution in [2.45, 2.75) is 30.7 Å². The first-order valence-corrected chi connectivity index (χ1v) is 8.26.